The maximum absolute atomic E-state index is 12.2. The molecule has 0 bridgehead atoms. The molecule has 176 valence electrons. The van der Waals surface area contributed by atoms with Crippen molar-refractivity contribution in [2.75, 3.05) is 12.4 Å². The van der Waals surface area contributed by atoms with E-state index in [1.165, 1.54) is 17.3 Å². The molecule has 5 heteroatoms. The molecular weight excluding hydrogens is 456 g/mol. The van der Waals surface area contributed by atoms with Crippen LogP contribution in [-0.2, 0) is 16.1 Å². The van der Waals surface area contributed by atoms with Gasteiger partial charge in [0.15, 0.2) is 0 Å². The minimum atomic E-state index is -0.235. The van der Waals surface area contributed by atoms with Crippen LogP contribution in [0.2, 0.25) is 0 Å². The van der Waals surface area contributed by atoms with E-state index in [4.69, 9.17) is 9.47 Å². The number of phenolic OH excluding ortho intramolecular Hbond substituents is 1. The molecule has 1 N–H and O–H groups in total. The number of rotatable bonds is 7. The number of esters is 1. The average molecular weight is 483 g/mol. The molecular formula is C30H26O4S. The first-order valence-electron chi connectivity index (χ1n) is 11.6. The smallest absolute Gasteiger partial charge is 0.316 e. The predicted octanol–water partition coefficient (Wildman–Crippen LogP) is 6.54. The van der Waals surface area contributed by atoms with Crippen molar-refractivity contribution in [1.29, 1.82) is 0 Å². The van der Waals surface area contributed by atoms with Crippen LogP contribution >= 0.6 is 11.8 Å². The van der Waals surface area contributed by atoms with E-state index >= 15 is 0 Å². The second-order valence-corrected chi connectivity index (χ2v) is 9.58. The maximum Gasteiger partial charge on any atom is 0.316 e. The van der Waals surface area contributed by atoms with Gasteiger partial charge in [-0.05, 0) is 47.0 Å². The van der Waals surface area contributed by atoms with E-state index in [0.717, 1.165) is 27.3 Å². The first-order chi connectivity index (χ1) is 17.2. The molecule has 35 heavy (non-hydrogen) atoms. The minimum Gasteiger partial charge on any atom is -0.508 e. The fourth-order valence-corrected chi connectivity index (χ4v) is 5.19. The van der Waals surface area contributed by atoms with Crippen LogP contribution in [0.3, 0.4) is 0 Å². The van der Waals surface area contributed by atoms with Gasteiger partial charge in [0.25, 0.3) is 0 Å². The van der Waals surface area contributed by atoms with Crippen LogP contribution in [0.1, 0.15) is 34.1 Å². The van der Waals surface area contributed by atoms with Gasteiger partial charge >= 0.3 is 5.97 Å². The summed E-state index contributed by atoms with van der Waals surface area (Å²) >= 11 is 1.47. The topological polar surface area (TPSA) is 55.8 Å². The van der Waals surface area contributed by atoms with Gasteiger partial charge < -0.3 is 14.6 Å². The highest BCUT2D eigenvalue weighted by Crippen LogP contribution is 2.47. The zero-order chi connectivity index (χ0) is 24.0. The van der Waals surface area contributed by atoms with Gasteiger partial charge in [0.2, 0.25) is 0 Å². The van der Waals surface area contributed by atoms with Gasteiger partial charge in [-0.15, -0.1) is 11.8 Å². The lowest BCUT2D eigenvalue weighted by Gasteiger charge is -2.34. The number of carbonyl (C=O) groups excluding carboxylic acids is 1. The van der Waals surface area contributed by atoms with Crippen molar-refractivity contribution in [3.8, 4) is 11.5 Å². The zero-order valence-electron chi connectivity index (χ0n) is 19.2. The number of thioether (sulfide) groups is 1. The Bertz CT molecular complexity index is 1270. The summed E-state index contributed by atoms with van der Waals surface area (Å²) in [7, 11) is 0. The summed E-state index contributed by atoms with van der Waals surface area (Å²) in [5.41, 5.74) is 4.30. The Morgan fingerprint density at radius 2 is 1.60 bits per heavy atom. The summed E-state index contributed by atoms with van der Waals surface area (Å²) in [6.07, 6.45) is 0. The van der Waals surface area contributed by atoms with Crippen molar-refractivity contribution in [2.24, 2.45) is 0 Å². The molecule has 0 aromatic heterocycles. The first kappa shape index (κ1) is 23.1. The first-order valence-corrected chi connectivity index (χ1v) is 12.6. The summed E-state index contributed by atoms with van der Waals surface area (Å²) < 4.78 is 11.5. The number of ether oxygens (including phenoxy) is 2. The third-order valence-corrected chi connectivity index (χ3v) is 7.20. The molecule has 4 aromatic carbocycles. The largest absolute Gasteiger partial charge is 0.508 e. The van der Waals surface area contributed by atoms with Gasteiger partial charge in [-0.25, -0.2) is 0 Å². The third kappa shape index (κ3) is 5.52. The van der Waals surface area contributed by atoms with Crippen LogP contribution < -0.4 is 4.74 Å². The van der Waals surface area contributed by atoms with E-state index < -0.39 is 0 Å². The minimum absolute atomic E-state index is 0.0446. The number of phenols is 1. The summed E-state index contributed by atoms with van der Waals surface area (Å²) in [4.78, 5) is 13.2. The number of carbonyl (C=O) groups is 1. The van der Waals surface area contributed by atoms with Gasteiger partial charge in [-0.3, -0.25) is 4.79 Å². The van der Waals surface area contributed by atoms with Crippen LogP contribution in [0, 0.1) is 0 Å². The molecule has 4 aromatic rings. The lowest BCUT2D eigenvalue weighted by molar-refractivity contribution is -0.141. The Morgan fingerprint density at radius 1 is 0.886 bits per heavy atom. The monoisotopic (exact) mass is 482 g/mol. The molecule has 2 atom stereocenters. The Morgan fingerprint density at radius 3 is 2.34 bits per heavy atom. The summed E-state index contributed by atoms with van der Waals surface area (Å²) in [5, 5.41) is 10.2. The number of aromatic hydroxyl groups is 1. The maximum atomic E-state index is 12.2. The van der Waals surface area contributed by atoms with Crippen LogP contribution in [0.5, 0.6) is 11.5 Å². The highest BCUT2D eigenvalue weighted by atomic mass is 32.2. The average Bonchev–Trinajstić information content (AvgIpc) is 2.91. The highest BCUT2D eigenvalue weighted by molar-refractivity contribution is 8.00. The van der Waals surface area contributed by atoms with Gasteiger partial charge in [0.1, 0.15) is 18.1 Å². The standard InChI is InChI=1S/C30H26O4S/c31-24-13-16-28-26(17-24)30(27(19-33-28)22-9-5-2-6-10-22)23-11-14-25(15-12-23)35-20-29(32)34-18-21-7-3-1-4-8-21/h1-17,27,30-31H,18-20H2/t27-,30-/m1/s1. The number of fused-ring (bicyclic) bond motifs is 1. The van der Waals surface area contributed by atoms with Gasteiger partial charge in [-0.2, -0.15) is 0 Å². The van der Waals surface area contributed by atoms with E-state index in [0.29, 0.717) is 6.61 Å². The second kappa shape index (κ2) is 10.7. The van der Waals surface area contributed by atoms with E-state index in [1.807, 2.05) is 66.7 Å². The molecule has 5 rings (SSSR count). The predicted molar refractivity (Wildman–Crippen MR) is 138 cm³/mol. The van der Waals surface area contributed by atoms with Gasteiger partial charge in [-0.1, -0.05) is 72.8 Å². The molecule has 0 radical (unpaired) electrons. The van der Waals surface area contributed by atoms with Crippen molar-refractivity contribution in [2.45, 2.75) is 23.3 Å². The summed E-state index contributed by atoms with van der Waals surface area (Å²) in [5.74, 6) is 1.22. The normalized spacial score (nSPS) is 16.7. The summed E-state index contributed by atoms with van der Waals surface area (Å²) in [6, 6.07) is 33.6. The molecule has 0 amide bonds. The molecule has 0 fully saturated rings. The highest BCUT2D eigenvalue weighted by Gasteiger charge is 2.33. The molecule has 0 spiro atoms. The molecule has 0 aliphatic carbocycles. The Labute approximate surface area is 209 Å². The molecule has 0 saturated heterocycles. The Hall–Kier alpha value is -3.70. The van der Waals surface area contributed by atoms with Crippen LogP contribution in [-0.4, -0.2) is 23.4 Å². The Kier molecular flexibility index (Phi) is 7.05. The SMILES string of the molecule is O=C(CSc1ccc([C@@H]2c3cc(O)ccc3OC[C@@H]2c2ccccc2)cc1)OCc1ccccc1. The second-order valence-electron chi connectivity index (χ2n) is 8.53. The van der Waals surface area contributed by atoms with E-state index in [-0.39, 0.29) is 35.9 Å². The fourth-order valence-electron chi connectivity index (χ4n) is 4.50. The fraction of sp³-hybridized carbons (Fsp3) is 0.167. The van der Waals surface area contributed by atoms with Crippen molar-refractivity contribution < 1.29 is 19.4 Å². The van der Waals surface area contributed by atoms with Crippen molar-refractivity contribution >= 4 is 17.7 Å². The van der Waals surface area contributed by atoms with Crippen LogP contribution in [0.15, 0.2) is 108 Å². The van der Waals surface area contributed by atoms with E-state index in [9.17, 15) is 9.90 Å². The van der Waals surface area contributed by atoms with Crippen molar-refractivity contribution in [3.05, 3.63) is 125 Å². The quantitative estimate of drug-likeness (QED) is 0.240. The van der Waals surface area contributed by atoms with Crippen LogP contribution in [0.25, 0.3) is 0 Å². The van der Waals surface area contributed by atoms with Gasteiger partial charge in [0.05, 0.1) is 12.4 Å². The molecule has 4 nitrogen and oxygen atoms in total. The number of hydrogen-bond donors (Lipinski definition) is 1. The molecule has 1 aliphatic heterocycles. The number of benzene rings is 4. The summed E-state index contributed by atoms with van der Waals surface area (Å²) in [6.45, 7) is 0.853. The van der Waals surface area contributed by atoms with Crippen molar-refractivity contribution in [3.63, 3.8) is 0 Å². The molecule has 0 unspecified atom stereocenters. The van der Waals surface area contributed by atoms with E-state index in [1.54, 1.807) is 12.1 Å². The lowest BCUT2D eigenvalue weighted by atomic mass is 9.76. The zero-order valence-corrected chi connectivity index (χ0v) is 20.0. The Balaban J connectivity index is 1.31. The van der Waals surface area contributed by atoms with Gasteiger partial charge in [0, 0.05) is 22.3 Å². The molecule has 1 heterocycles. The van der Waals surface area contributed by atoms with Crippen molar-refractivity contribution in [1.82, 2.24) is 0 Å². The van der Waals surface area contributed by atoms with E-state index in [2.05, 4.69) is 24.3 Å². The lowest BCUT2D eigenvalue weighted by Crippen LogP contribution is -2.25. The molecule has 0 saturated carbocycles. The third-order valence-electron chi connectivity index (χ3n) is 6.22. The van der Waals surface area contributed by atoms with Crippen LogP contribution in [0.4, 0.5) is 0 Å². The molecule has 1 aliphatic rings. The number of hydrogen-bond acceptors (Lipinski definition) is 5.